The molecule has 5 nitrogen and oxygen atoms in total. The molecule has 1 atom stereocenters. The van der Waals surface area contributed by atoms with E-state index in [0.717, 1.165) is 12.0 Å². The molecule has 0 unspecified atom stereocenters. The largest absolute Gasteiger partial charge is 0.398 e. The Hall–Kier alpha value is -1.11. The van der Waals surface area contributed by atoms with Crippen LogP contribution in [0.5, 0.6) is 0 Å². The molecule has 0 aromatic heterocycles. The number of aryl methyl sites for hydroxylation is 1. The summed E-state index contributed by atoms with van der Waals surface area (Å²) in [5.41, 5.74) is 7.07. The van der Waals surface area contributed by atoms with Gasteiger partial charge in [0.1, 0.15) is 0 Å². The molecule has 1 aromatic rings. The van der Waals surface area contributed by atoms with Crippen molar-refractivity contribution in [2.75, 3.05) is 18.9 Å². The summed E-state index contributed by atoms with van der Waals surface area (Å²) < 4.78 is 26.2. The van der Waals surface area contributed by atoms with Gasteiger partial charge in [0, 0.05) is 18.3 Å². The number of hydrogen-bond acceptors (Lipinski definition) is 4. The minimum atomic E-state index is -3.55. The van der Waals surface area contributed by atoms with Gasteiger partial charge in [0.15, 0.2) is 0 Å². The highest BCUT2D eigenvalue weighted by Crippen LogP contribution is 2.27. The van der Waals surface area contributed by atoms with Crippen molar-refractivity contribution >= 4 is 15.7 Å². The fourth-order valence-electron chi connectivity index (χ4n) is 2.22. The Labute approximate surface area is 107 Å². The predicted molar refractivity (Wildman–Crippen MR) is 69.6 cm³/mol. The Morgan fingerprint density at radius 3 is 2.83 bits per heavy atom. The molecule has 1 aliphatic rings. The van der Waals surface area contributed by atoms with Crippen LogP contribution in [-0.2, 0) is 10.0 Å². The van der Waals surface area contributed by atoms with Gasteiger partial charge in [-0.15, -0.1) is 0 Å². The van der Waals surface area contributed by atoms with E-state index < -0.39 is 10.0 Å². The summed E-state index contributed by atoms with van der Waals surface area (Å²) in [4.78, 5) is 0.200. The molecule has 6 heteroatoms. The quantitative estimate of drug-likeness (QED) is 0.793. The summed E-state index contributed by atoms with van der Waals surface area (Å²) in [6, 6.07) is 4.44. The van der Waals surface area contributed by atoms with Crippen LogP contribution in [-0.4, -0.2) is 37.0 Å². The van der Waals surface area contributed by atoms with Gasteiger partial charge in [0.05, 0.1) is 11.5 Å². The number of aliphatic hydroxyl groups excluding tert-OH is 1. The summed E-state index contributed by atoms with van der Waals surface area (Å²) in [5, 5.41) is 9.21. The molecule has 0 bridgehead atoms. The third-order valence-corrected chi connectivity index (χ3v) is 5.34. The van der Waals surface area contributed by atoms with Crippen LogP contribution >= 0.6 is 0 Å². The summed E-state index contributed by atoms with van der Waals surface area (Å²) in [6.07, 6.45) is 1.49. The third-order valence-electron chi connectivity index (χ3n) is 3.39. The SMILES string of the molecule is Cc1ccc(S(=O)(=O)N2CCC[C@H]2CO)cc1N. The molecule has 0 saturated carbocycles. The molecule has 1 aliphatic heterocycles. The van der Waals surface area contributed by atoms with Crippen molar-refractivity contribution < 1.29 is 13.5 Å². The summed E-state index contributed by atoms with van der Waals surface area (Å²) >= 11 is 0. The first-order valence-electron chi connectivity index (χ1n) is 5.95. The molecular formula is C12H18N2O3S. The van der Waals surface area contributed by atoms with E-state index in [4.69, 9.17) is 5.73 Å². The van der Waals surface area contributed by atoms with Crippen LogP contribution in [0.4, 0.5) is 5.69 Å². The smallest absolute Gasteiger partial charge is 0.243 e. The van der Waals surface area contributed by atoms with Gasteiger partial charge in [-0.3, -0.25) is 0 Å². The highest BCUT2D eigenvalue weighted by atomic mass is 32.2. The fraction of sp³-hybridized carbons (Fsp3) is 0.500. The molecule has 0 spiro atoms. The number of aliphatic hydroxyl groups is 1. The summed E-state index contributed by atoms with van der Waals surface area (Å²) in [5.74, 6) is 0. The van der Waals surface area contributed by atoms with E-state index in [2.05, 4.69) is 0 Å². The van der Waals surface area contributed by atoms with E-state index in [-0.39, 0.29) is 17.5 Å². The molecule has 0 aliphatic carbocycles. The van der Waals surface area contributed by atoms with Gasteiger partial charge in [-0.1, -0.05) is 6.07 Å². The number of nitrogen functional groups attached to an aromatic ring is 1. The summed E-state index contributed by atoms with van der Waals surface area (Å²) in [7, 11) is -3.55. The van der Waals surface area contributed by atoms with E-state index in [1.165, 1.54) is 10.4 Å². The fourth-order valence-corrected chi connectivity index (χ4v) is 3.94. The normalized spacial score (nSPS) is 21.3. The van der Waals surface area contributed by atoms with Crippen LogP contribution in [0, 0.1) is 6.92 Å². The van der Waals surface area contributed by atoms with Gasteiger partial charge >= 0.3 is 0 Å². The zero-order chi connectivity index (χ0) is 13.3. The van der Waals surface area contributed by atoms with Crippen LogP contribution in [0.25, 0.3) is 0 Å². The maximum Gasteiger partial charge on any atom is 0.243 e. The number of sulfonamides is 1. The van der Waals surface area contributed by atoms with Gasteiger partial charge in [0.2, 0.25) is 10.0 Å². The van der Waals surface area contributed by atoms with Crippen LogP contribution < -0.4 is 5.73 Å². The summed E-state index contributed by atoms with van der Waals surface area (Å²) in [6.45, 7) is 2.15. The lowest BCUT2D eigenvalue weighted by atomic mass is 10.2. The molecule has 1 saturated heterocycles. The molecule has 18 heavy (non-hydrogen) atoms. The minimum Gasteiger partial charge on any atom is -0.398 e. The van der Waals surface area contributed by atoms with Crippen molar-refractivity contribution in [3.63, 3.8) is 0 Å². The Morgan fingerprint density at radius 2 is 2.22 bits per heavy atom. The van der Waals surface area contributed by atoms with Crippen LogP contribution in [0.15, 0.2) is 23.1 Å². The van der Waals surface area contributed by atoms with Crippen molar-refractivity contribution in [2.45, 2.75) is 30.7 Å². The number of rotatable bonds is 3. The first-order chi connectivity index (χ1) is 8.46. The Kier molecular flexibility index (Phi) is 3.61. The van der Waals surface area contributed by atoms with Crippen LogP contribution in [0.3, 0.4) is 0 Å². The molecule has 1 heterocycles. The van der Waals surface area contributed by atoms with E-state index in [1.54, 1.807) is 12.1 Å². The Morgan fingerprint density at radius 1 is 1.50 bits per heavy atom. The number of anilines is 1. The highest BCUT2D eigenvalue weighted by molar-refractivity contribution is 7.89. The molecule has 1 aromatic carbocycles. The number of nitrogens with zero attached hydrogens (tertiary/aromatic N) is 1. The van der Waals surface area contributed by atoms with Crippen molar-refractivity contribution in [3.8, 4) is 0 Å². The lowest BCUT2D eigenvalue weighted by Gasteiger charge is -2.22. The van der Waals surface area contributed by atoms with E-state index in [1.807, 2.05) is 6.92 Å². The van der Waals surface area contributed by atoms with E-state index >= 15 is 0 Å². The topological polar surface area (TPSA) is 83.6 Å². The van der Waals surface area contributed by atoms with E-state index in [9.17, 15) is 13.5 Å². The lowest BCUT2D eigenvalue weighted by Crippen LogP contribution is -2.37. The molecular weight excluding hydrogens is 252 g/mol. The zero-order valence-corrected chi connectivity index (χ0v) is 11.2. The molecule has 2 rings (SSSR count). The maximum absolute atomic E-state index is 12.4. The van der Waals surface area contributed by atoms with Crippen molar-refractivity contribution in [2.24, 2.45) is 0 Å². The number of nitrogens with two attached hydrogens (primary N) is 1. The van der Waals surface area contributed by atoms with Crippen molar-refractivity contribution in [3.05, 3.63) is 23.8 Å². The first-order valence-corrected chi connectivity index (χ1v) is 7.39. The van der Waals surface area contributed by atoms with Crippen molar-refractivity contribution in [1.82, 2.24) is 4.31 Å². The molecule has 1 fully saturated rings. The average Bonchev–Trinajstić information content (AvgIpc) is 2.81. The van der Waals surface area contributed by atoms with Crippen molar-refractivity contribution in [1.29, 1.82) is 0 Å². The zero-order valence-electron chi connectivity index (χ0n) is 10.3. The standard InChI is InChI=1S/C12H18N2O3S/c1-9-4-5-11(7-12(9)13)18(16,17)14-6-2-3-10(14)8-15/h4-5,7,10,15H,2-3,6,8,13H2,1H3/t10-/m0/s1. The average molecular weight is 270 g/mol. The molecule has 0 amide bonds. The van der Waals surface area contributed by atoms with Crippen LogP contribution in [0.2, 0.25) is 0 Å². The first kappa shape index (κ1) is 13.3. The number of hydrogen-bond donors (Lipinski definition) is 2. The van der Waals surface area contributed by atoms with Gasteiger partial charge in [0.25, 0.3) is 0 Å². The second kappa shape index (κ2) is 4.87. The second-order valence-corrected chi connectivity index (χ2v) is 6.50. The second-order valence-electron chi connectivity index (χ2n) is 4.61. The number of benzene rings is 1. The molecule has 3 N–H and O–H groups in total. The Balaban J connectivity index is 2.38. The molecule has 100 valence electrons. The Bertz CT molecular complexity index is 542. The van der Waals surface area contributed by atoms with Gasteiger partial charge in [-0.2, -0.15) is 4.31 Å². The highest BCUT2D eigenvalue weighted by Gasteiger charge is 2.34. The third kappa shape index (κ3) is 2.23. The van der Waals surface area contributed by atoms with Crippen LogP contribution in [0.1, 0.15) is 18.4 Å². The van der Waals surface area contributed by atoms with E-state index in [0.29, 0.717) is 18.7 Å². The predicted octanol–water partition coefficient (Wildman–Crippen LogP) is 0.723. The maximum atomic E-state index is 12.4. The monoisotopic (exact) mass is 270 g/mol. The van der Waals surface area contributed by atoms with Gasteiger partial charge < -0.3 is 10.8 Å². The lowest BCUT2D eigenvalue weighted by molar-refractivity contribution is 0.213. The molecule has 0 radical (unpaired) electrons. The minimum absolute atomic E-state index is 0.138. The van der Waals surface area contributed by atoms with Gasteiger partial charge in [-0.05, 0) is 37.5 Å². The van der Waals surface area contributed by atoms with Gasteiger partial charge in [-0.25, -0.2) is 8.42 Å².